The zero-order valence-electron chi connectivity index (χ0n) is 16.5. The van der Waals surface area contributed by atoms with Crippen LogP contribution in [0.2, 0.25) is 0 Å². The van der Waals surface area contributed by atoms with Gasteiger partial charge in [-0.3, -0.25) is 4.79 Å². The molecule has 0 saturated carbocycles. The van der Waals surface area contributed by atoms with Crippen molar-refractivity contribution in [3.05, 3.63) is 29.3 Å². The number of rotatable bonds is 14. The van der Waals surface area contributed by atoms with Crippen LogP contribution in [0.15, 0.2) is 18.2 Å². The van der Waals surface area contributed by atoms with E-state index in [0.29, 0.717) is 6.61 Å². The van der Waals surface area contributed by atoms with Gasteiger partial charge >= 0.3 is 5.97 Å². The summed E-state index contributed by atoms with van der Waals surface area (Å²) in [6, 6.07) is 6.32. The van der Waals surface area contributed by atoms with Gasteiger partial charge in [0, 0.05) is 5.69 Å². The molecule has 0 radical (unpaired) electrons. The summed E-state index contributed by atoms with van der Waals surface area (Å²) in [5.74, 6) is -0.157. The molecule has 0 bridgehead atoms. The first-order valence-electron chi connectivity index (χ1n) is 10.2. The molecule has 3 nitrogen and oxygen atoms in total. The fraction of sp³-hybridized carbons (Fsp3) is 0.682. The SMILES string of the molecule is CCCCCCCCCCOC(=O)CNc1c(CC)cccc1CC. The van der Waals surface area contributed by atoms with Crippen LogP contribution in [0.25, 0.3) is 0 Å². The van der Waals surface area contributed by atoms with Crippen LogP contribution < -0.4 is 5.32 Å². The largest absolute Gasteiger partial charge is 0.464 e. The number of hydrogen-bond donors (Lipinski definition) is 1. The topological polar surface area (TPSA) is 38.3 Å². The summed E-state index contributed by atoms with van der Waals surface area (Å²) in [6.45, 7) is 7.32. The molecule has 3 heteroatoms. The van der Waals surface area contributed by atoms with E-state index in [4.69, 9.17) is 4.74 Å². The number of carbonyl (C=O) groups is 1. The van der Waals surface area contributed by atoms with E-state index in [9.17, 15) is 4.79 Å². The number of aryl methyl sites for hydroxylation is 2. The van der Waals surface area contributed by atoms with Gasteiger partial charge < -0.3 is 10.1 Å². The second kappa shape index (κ2) is 13.7. The number of para-hydroxylation sites is 1. The normalized spacial score (nSPS) is 10.7. The maximum atomic E-state index is 11.9. The second-order valence-electron chi connectivity index (χ2n) is 6.71. The van der Waals surface area contributed by atoms with E-state index < -0.39 is 0 Å². The average Bonchev–Trinajstić information content (AvgIpc) is 2.64. The summed E-state index contributed by atoms with van der Waals surface area (Å²) < 4.78 is 5.35. The van der Waals surface area contributed by atoms with Gasteiger partial charge in [-0.25, -0.2) is 0 Å². The van der Waals surface area contributed by atoms with Crippen LogP contribution in [0, 0.1) is 0 Å². The van der Waals surface area contributed by atoms with Crippen molar-refractivity contribution in [2.75, 3.05) is 18.5 Å². The number of ether oxygens (including phenoxy) is 1. The monoisotopic (exact) mass is 347 g/mol. The number of benzene rings is 1. The van der Waals surface area contributed by atoms with Crippen LogP contribution in [-0.2, 0) is 22.4 Å². The van der Waals surface area contributed by atoms with Gasteiger partial charge in [0.25, 0.3) is 0 Å². The van der Waals surface area contributed by atoms with Gasteiger partial charge in [-0.15, -0.1) is 0 Å². The summed E-state index contributed by atoms with van der Waals surface area (Å²) in [7, 11) is 0. The number of carbonyl (C=O) groups excluding carboxylic acids is 1. The maximum absolute atomic E-state index is 11.9. The number of unbranched alkanes of at least 4 members (excludes halogenated alkanes) is 7. The highest BCUT2D eigenvalue weighted by Crippen LogP contribution is 2.22. The lowest BCUT2D eigenvalue weighted by Gasteiger charge is -2.15. The highest BCUT2D eigenvalue weighted by molar-refractivity contribution is 5.76. The Morgan fingerprint density at radius 1 is 0.880 bits per heavy atom. The van der Waals surface area contributed by atoms with Crippen molar-refractivity contribution < 1.29 is 9.53 Å². The molecule has 1 aromatic carbocycles. The zero-order valence-corrected chi connectivity index (χ0v) is 16.5. The van der Waals surface area contributed by atoms with Crippen molar-refractivity contribution in [3.8, 4) is 0 Å². The fourth-order valence-electron chi connectivity index (χ4n) is 3.10. The standard InChI is InChI=1S/C22H37NO2/c1-4-7-8-9-10-11-12-13-17-25-21(24)18-23-22-19(5-2)15-14-16-20(22)6-3/h14-16,23H,4-13,17-18H2,1-3H3. The van der Waals surface area contributed by atoms with Gasteiger partial charge in [0.1, 0.15) is 6.54 Å². The molecular weight excluding hydrogens is 310 g/mol. The van der Waals surface area contributed by atoms with E-state index in [1.54, 1.807) is 0 Å². The Labute approximate surface area is 154 Å². The molecule has 0 saturated heterocycles. The highest BCUT2D eigenvalue weighted by Gasteiger charge is 2.08. The minimum atomic E-state index is -0.157. The van der Waals surface area contributed by atoms with Gasteiger partial charge in [-0.05, 0) is 30.4 Å². The van der Waals surface area contributed by atoms with E-state index in [1.807, 2.05) is 0 Å². The third-order valence-corrected chi connectivity index (χ3v) is 4.67. The van der Waals surface area contributed by atoms with E-state index in [0.717, 1.165) is 31.4 Å². The summed E-state index contributed by atoms with van der Waals surface area (Å²) in [5.41, 5.74) is 3.63. The van der Waals surface area contributed by atoms with E-state index in [2.05, 4.69) is 44.3 Å². The zero-order chi connectivity index (χ0) is 18.3. The molecule has 1 rings (SSSR count). The molecule has 0 atom stereocenters. The molecular formula is C22H37NO2. The highest BCUT2D eigenvalue weighted by atomic mass is 16.5. The number of nitrogens with one attached hydrogen (secondary N) is 1. The van der Waals surface area contributed by atoms with Crippen LogP contribution in [0.3, 0.4) is 0 Å². The Kier molecular flexibility index (Phi) is 11.8. The molecule has 142 valence electrons. The van der Waals surface area contributed by atoms with Crippen molar-refractivity contribution >= 4 is 11.7 Å². The van der Waals surface area contributed by atoms with Crippen LogP contribution in [0.5, 0.6) is 0 Å². The first-order valence-corrected chi connectivity index (χ1v) is 10.2. The van der Waals surface area contributed by atoms with Crippen molar-refractivity contribution in [3.63, 3.8) is 0 Å². The number of esters is 1. The lowest BCUT2D eigenvalue weighted by molar-refractivity contribution is -0.141. The maximum Gasteiger partial charge on any atom is 0.325 e. The molecule has 0 unspecified atom stereocenters. The van der Waals surface area contributed by atoms with Gasteiger partial charge in [0.2, 0.25) is 0 Å². The van der Waals surface area contributed by atoms with Crippen LogP contribution in [-0.4, -0.2) is 19.1 Å². The fourth-order valence-corrected chi connectivity index (χ4v) is 3.10. The molecule has 25 heavy (non-hydrogen) atoms. The van der Waals surface area contributed by atoms with Gasteiger partial charge in [-0.2, -0.15) is 0 Å². The Hall–Kier alpha value is -1.51. The lowest BCUT2D eigenvalue weighted by atomic mass is 10.0. The van der Waals surface area contributed by atoms with Crippen molar-refractivity contribution in [1.29, 1.82) is 0 Å². The number of hydrogen-bond acceptors (Lipinski definition) is 3. The summed E-state index contributed by atoms with van der Waals surface area (Å²) in [6.07, 6.45) is 12.0. The van der Waals surface area contributed by atoms with Crippen LogP contribution in [0.1, 0.15) is 83.3 Å². The molecule has 1 aromatic rings. The molecule has 0 spiro atoms. The Morgan fingerprint density at radius 3 is 2.00 bits per heavy atom. The molecule has 1 N–H and O–H groups in total. The van der Waals surface area contributed by atoms with Crippen LogP contribution >= 0.6 is 0 Å². The molecule has 0 aliphatic heterocycles. The summed E-state index contributed by atoms with van der Waals surface area (Å²) >= 11 is 0. The second-order valence-corrected chi connectivity index (χ2v) is 6.71. The molecule has 0 heterocycles. The first-order chi connectivity index (χ1) is 12.2. The van der Waals surface area contributed by atoms with Crippen molar-refractivity contribution in [1.82, 2.24) is 0 Å². The third-order valence-electron chi connectivity index (χ3n) is 4.67. The third kappa shape index (κ3) is 8.94. The summed E-state index contributed by atoms with van der Waals surface area (Å²) in [5, 5.41) is 3.29. The van der Waals surface area contributed by atoms with E-state index in [1.165, 1.54) is 49.7 Å². The molecule has 0 aliphatic carbocycles. The Bertz CT molecular complexity index is 463. The molecule has 0 aliphatic rings. The Balaban J connectivity index is 2.17. The lowest BCUT2D eigenvalue weighted by Crippen LogP contribution is -2.19. The van der Waals surface area contributed by atoms with Gasteiger partial charge in [0.05, 0.1) is 6.61 Å². The Morgan fingerprint density at radius 2 is 1.44 bits per heavy atom. The quantitative estimate of drug-likeness (QED) is 0.336. The minimum absolute atomic E-state index is 0.157. The molecule has 0 aromatic heterocycles. The van der Waals surface area contributed by atoms with Crippen LogP contribution in [0.4, 0.5) is 5.69 Å². The number of anilines is 1. The molecule has 0 fully saturated rings. The van der Waals surface area contributed by atoms with E-state index >= 15 is 0 Å². The van der Waals surface area contributed by atoms with Gasteiger partial charge in [-0.1, -0.05) is 83.9 Å². The van der Waals surface area contributed by atoms with Crippen molar-refractivity contribution in [2.45, 2.75) is 85.0 Å². The average molecular weight is 348 g/mol. The first kappa shape index (κ1) is 21.5. The minimum Gasteiger partial charge on any atom is -0.464 e. The van der Waals surface area contributed by atoms with Gasteiger partial charge in [0.15, 0.2) is 0 Å². The predicted molar refractivity (Wildman–Crippen MR) is 107 cm³/mol. The van der Waals surface area contributed by atoms with E-state index in [-0.39, 0.29) is 12.5 Å². The predicted octanol–water partition coefficient (Wildman–Crippen LogP) is 5.91. The summed E-state index contributed by atoms with van der Waals surface area (Å²) in [4.78, 5) is 11.9. The van der Waals surface area contributed by atoms with Crippen molar-refractivity contribution in [2.24, 2.45) is 0 Å². The molecule has 0 amide bonds. The smallest absolute Gasteiger partial charge is 0.325 e.